The van der Waals surface area contributed by atoms with Crippen molar-refractivity contribution in [3.8, 4) is 0 Å². The van der Waals surface area contributed by atoms with Crippen molar-refractivity contribution in [3.05, 3.63) is 53.2 Å². The minimum atomic E-state index is -0.683. The third-order valence-electron chi connectivity index (χ3n) is 2.78. The summed E-state index contributed by atoms with van der Waals surface area (Å²) >= 11 is 0. The summed E-state index contributed by atoms with van der Waals surface area (Å²) in [4.78, 5) is 15.9. The summed E-state index contributed by atoms with van der Waals surface area (Å²) in [5.74, 6) is -1.21. The predicted octanol–water partition coefficient (Wildman–Crippen LogP) is 2.96. The van der Waals surface area contributed by atoms with Crippen LogP contribution in [0.4, 0.5) is 20.3 Å². The molecule has 6 heteroatoms. The molecule has 0 spiro atoms. The molecule has 2 N–H and O–H groups in total. The molecule has 4 nitrogen and oxygen atoms in total. The van der Waals surface area contributed by atoms with Crippen LogP contribution in [-0.4, -0.2) is 17.9 Å². The highest BCUT2D eigenvalue weighted by atomic mass is 19.1. The van der Waals surface area contributed by atoms with Gasteiger partial charge in [0.1, 0.15) is 17.5 Å². The molecule has 1 heterocycles. The first-order valence-corrected chi connectivity index (χ1v) is 5.92. The van der Waals surface area contributed by atoms with Gasteiger partial charge in [0.05, 0.1) is 11.3 Å². The van der Waals surface area contributed by atoms with E-state index in [1.807, 2.05) is 0 Å². The fourth-order valence-corrected chi connectivity index (χ4v) is 1.61. The van der Waals surface area contributed by atoms with E-state index < -0.39 is 17.5 Å². The molecule has 104 valence electrons. The Hall–Kier alpha value is -2.50. The predicted molar refractivity (Wildman–Crippen MR) is 72.8 cm³/mol. The van der Waals surface area contributed by atoms with Crippen molar-refractivity contribution < 1.29 is 13.6 Å². The molecule has 0 saturated carbocycles. The third-order valence-corrected chi connectivity index (χ3v) is 2.78. The van der Waals surface area contributed by atoms with Crippen LogP contribution >= 0.6 is 0 Å². The van der Waals surface area contributed by atoms with Gasteiger partial charge < -0.3 is 10.6 Å². The Bertz CT molecular complexity index is 642. The zero-order chi connectivity index (χ0) is 14.7. The van der Waals surface area contributed by atoms with Gasteiger partial charge in [-0.3, -0.25) is 4.79 Å². The van der Waals surface area contributed by atoms with Crippen LogP contribution in [0.25, 0.3) is 0 Å². The topological polar surface area (TPSA) is 54.0 Å². The first-order valence-electron chi connectivity index (χ1n) is 5.92. The van der Waals surface area contributed by atoms with Crippen LogP contribution in [0, 0.1) is 18.6 Å². The molecule has 1 amide bonds. The van der Waals surface area contributed by atoms with E-state index in [1.165, 1.54) is 19.2 Å². The number of aryl methyl sites for hydroxylation is 1. The van der Waals surface area contributed by atoms with E-state index in [-0.39, 0.29) is 16.8 Å². The number of carbonyl (C=O) groups is 1. The number of aromatic nitrogens is 1. The normalized spacial score (nSPS) is 10.2. The second kappa shape index (κ2) is 5.64. The lowest BCUT2D eigenvalue weighted by molar-refractivity contribution is 0.102. The van der Waals surface area contributed by atoms with Gasteiger partial charge >= 0.3 is 0 Å². The van der Waals surface area contributed by atoms with Gasteiger partial charge in [-0.1, -0.05) is 0 Å². The van der Waals surface area contributed by atoms with Crippen molar-refractivity contribution in [1.29, 1.82) is 0 Å². The van der Waals surface area contributed by atoms with Crippen LogP contribution in [0.15, 0.2) is 30.5 Å². The van der Waals surface area contributed by atoms with Crippen molar-refractivity contribution in [3.63, 3.8) is 0 Å². The van der Waals surface area contributed by atoms with Gasteiger partial charge in [-0.15, -0.1) is 0 Å². The lowest BCUT2D eigenvalue weighted by Gasteiger charge is -2.08. The molecule has 0 bridgehead atoms. The number of halogens is 2. The molecule has 0 aliphatic heterocycles. The Balaban J connectivity index is 2.20. The van der Waals surface area contributed by atoms with Gasteiger partial charge in [0.15, 0.2) is 0 Å². The fourth-order valence-electron chi connectivity index (χ4n) is 1.61. The van der Waals surface area contributed by atoms with Crippen LogP contribution in [-0.2, 0) is 0 Å². The number of rotatable bonds is 3. The molecule has 0 radical (unpaired) electrons. The third kappa shape index (κ3) is 2.90. The first-order chi connectivity index (χ1) is 9.51. The van der Waals surface area contributed by atoms with Crippen molar-refractivity contribution in [2.75, 3.05) is 17.7 Å². The summed E-state index contributed by atoms with van der Waals surface area (Å²) in [6.45, 7) is 1.45. The second-order valence-electron chi connectivity index (χ2n) is 4.22. The number of benzene rings is 1. The van der Waals surface area contributed by atoms with Crippen LogP contribution in [0.2, 0.25) is 0 Å². The Labute approximate surface area is 114 Å². The minimum Gasteiger partial charge on any atom is -0.373 e. The molecular weight excluding hydrogens is 264 g/mol. The number of nitrogens with one attached hydrogen (secondary N) is 2. The van der Waals surface area contributed by atoms with E-state index >= 15 is 0 Å². The molecule has 0 fully saturated rings. The Morgan fingerprint density at radius 2 is 1.95 bits per heavy atom. The number of amides is 1. The number of carbonyl (C=O) groups excluding carboxylic acids is 1. The quantitative estimate of drug-likeness (QED) is 0.907. The van der Waals surface area contributed by atoms with Gasteiger partial charge in [0.2, 0.25) is 0 Å². The minimum absolute atomic E-state index is 0.181. The lowest BCUT2D eigenvalue weighted by Crippen LogP contribution is -2.14. The highest BCUT2D eigenvalue weighted by molar-refractivity contribution is 6.04. The van der Waals surface area contributed by atoms with E-state index in [9.17, 15) is 13.6 Å². The van der Waals surface area contributed by atoms with Gasteiger partial charge in [-0.25, -0.2) is 13.8 Å². The number of anilines is 2. The summed E-state index contributed by atoms with van der Waals surface area (Å²) in [6.07, 6.45) is 1.35. The van der Waals surface area contributed by atoms with Crippen LogP contribution in [0.5, 0.6) is 0 Å². The maximum Gasteiger partial charge on any atom is 0.257 e. The molecule has 0 aliphatic carbocycles. The summed E-state index contributed by atoms with van der Waals surface area (Å²) in [6, 6.07) is 5.14. The summed E-state index contributed by atoms with van der Waals surface area (Å²) in [7, 11) is 1.70. The smallest absolute Gasteiger partial charge is 0.257 e. The van der Waals surface area contributed by atoms with Crippen LogP contribution < -0.4 is 10.6 Å². The summed E-state index contributed by atoms with van der Waals surface area (Å²) < 4.78 is 27.0. The molecule has 2 rings (SSSR count). The molecule has 0 aliphatic rings. The number of nitrogens with zero attached hydrogens (tertiary/aromatic N) is 1. The van der Waals surface area contributed by atoms with E-state index in [0.717, 1.165) is 12.1 Å². The highest BCUT2D eigenvalue weighted by Crippen LogP contribution is 2.19. The highest BCUT2D eigenvalue weighted by Gasteiger charge is 2.12. The summed E-state index contributed by atoms with van der Waals surface area (Å²) in [5, 5.41) is 5.13. The number of hydrogen-bond acceptors (Lipinski definition) is 3. The Morgan fingerprint density at radius 3 is 2.55 bits per heavy atom. The molecule has 2 aromatic rings. The Kier molecular flexibility index (Phi) is 3.93. The second-order valence-corrected chi connectivity index (χ2v) is 4.22. The Morgan fingerprint density at radius 1 is 1.20 bits per heavy atom. The standard InChI is InChI=1S/C14H13F2N3O/c1-8-5-11(16)12(6-10(8)15)19-14(20)9-3-4-13(17-2)18-7-9/h3-7H,1-2H3,(H,17,18)(H,19,20). The van der Waals surface area contributed by atoms with Gasteiger partial charge in [0, 0.05) is 19.3 Å². The molecular formula is C14H13F2N3O. The maximum absolute atomic E-state index is 13.6. The van der Waals surface area contributed by atoms with Crippen LogP contribution in [0.3, 0.4) is 0 Å². The van der Waals surface area contributed by atoms with E-state index in [1.54, 1.807) is 13.1 Å². The maximum atomic E-state index is 13.6. The first kappa shape index (κ1) is 13.9. The average Bonchev–Trinajstić information content (AvgIpc) is 2.44. The van der Waals surface area contributed by atoms with Gasteiger partial charge in [-0.2, -0.15) is 0 Å². The largest absolute Gasteiger partial charge is 0.373 e. The SMILES string of the molecule is CNc1ccc(C(=O)Nc2cc(F)c(C)cc2F)cn1. The lowest BCUT2D eigenvalue weighted by atomic mass is 10.2. The van der Waals surface area contributed by atoms with Crippen molar-refractivity contribution >= 4 is 17.4 Å². The molecule has 0 saturated heterocycles. The van der Waals surface area contributed by atoms with E-state index in [0.29, 0.717) is 5.82 Å². The van der Waals surface area contributed by atoms with Crippen molar-refractivity contribution in [1.82, 2.24) is 4.98 Å². The van der Waals surface area contributed by atoms with E-state index in [4.69, 9.17) is 0 Å². The molecule has 1 aromatic heterocycles. The van der Waals surface area contributed by atoms with E-state index in [2.05, 4.69) is 15.6 Å². The average molecular weight is 277 g/mol. The zero-order valence-electron chi connectivity index (χ0n) is 11.0. The molecule has 1 aromatic carbocycles. The number of pyridine rings is 1. The fraction of sp³-hybridized carbons (Fsp3) is 0.143. The zero-order valence-corrected chi connectivity index (χ0v) is 11.0. The van der Waals surface area contributed by atoms with Crippen LogP contribution in [0.1, 0.15) is 15.9 Å². The van der Waals surface area contributed by atoms with Gasteiger partial charge in [0.25, 0.3) is 5.91 Å². The molecule has 0 unspecified atom stereocenters. The van der Waals surface area contributed by atoms with Crippen molar-refractivity contribution in [2.45, 2.75) is 6.92 Å². The monoisotopic (exact) mass is 277 g/mol. The summed E-state index contributed by atoms with van der Waals surface area (Å²) in [5.41, 5.74) is 0.237. The molecule has 20 heavy (non-hydrogen) atoms. The molecule has 0 atom stereocenters. The van der Waals surface area contributed by atoms with Crippen molar-refractivity contribution in [2.24, 2.45) is 0 Å². The number of hydrogen-bond donors (Lipinski definition) is 2. The van der Waals surface area contributed by atoms with Gasteiger partial charge in [-0.05, 0) is 30.7 Å².